The van der Waals surface area contributed by atoms with Crippen molar-refractivity contribution in [3.8, 4) is 0 Å². The summed E-state index contributed by atoms with van der Waals surface area (Å²) in [6.45, 7) is 0.656. The van der Waals surface area contributed by atoms with Gasteiger partial charge in [-0.3, -0.25) is 9.69 Å². The van der Waals surface area contributed by atoms with Crippen molar-refractivity contribution in [1.29, 1.82) is 0 Å². The van der Waals surface area contributed by atoms with E-state index in [1.54, 1.807) is 0 Å². The molecule has 1 atom stereocenters. The fourth-order valence-electron chi connectivity index (χ4n) is 1.51. The van der Waals surface area contributed by atoms with Gasteiger partial charge in [-0.2, -0.15) is 0 Å². The molecule has 0 aromatic carbocycles. The third-order valence-electron chi connectivity index (χ3n) is 2.15. The molecule has 0 spiro atoms. The molecule has 1 radical (unpaired) electrons. The Morgan fingerprint density at radius 1 is 1.75 bits per heavy atom. The van der Waals surface area contributed by atoms with Gasteiger partial charge in [0.1, 0.15) is 6.67 Å². The Labute approximate surface area is 71.7 Å². The van der Waals surface area contributed by atoms with Crippen molar-refractivity contribution >= 4 is 5.91 Å². The first kappa shape index (κ1) is 9.45. The number of amides is 1. The van der Waals surface area contributed by atoms with E-state index in [1.807, 2.05) is 11.3 Å². The lowest BCUT2D eigenvalue weighted by atomic mass is 10.0. The summed E-state index contributed by atoms with van der Waals surface area (Å²) in [5.74, 6) is -0.348. The number of hydrogen-bond donors (Lipinski definition) is 1. The van der Waals surface area contributed by atoms with E-state index in [2.05, 4.69) is 0 Å². The molecular formula is C8H14FN2O. The zero-order valence-corrected chi connectivity index (χ0v) is 7.00. The molecule has 1 heterocycles. The van der Waals surface area contributed by atoms with Gasteiger partial charge < -0.3 is 5.73 Å². The minimum Gasteiger partial charge on any atom is -0.368 e. The average molecular weight is 173 g/mol. The van der Waals surface area contributed by atoms with Crippen molar-refractivity contribution in [2.24, 2.45) is 5.73 Å². The van der Waals surface area contributed by atoms with Gasteiger partial charge >= 0.3 is 0 Å². The number of rotatable bonds is 3. The van der Waals surface area contributed by atoms with E-state index in [0.717, 1.165) is 13.0 Å². The molecule has 1 amide bonds. The number of carbonyl (C=O) groups excluding carboxylic acids is 1. The number of piperidine rings is 1. The van der Waals surface area contributed by atoms with Crippen LogP contribution in [0, 0.1) is 6.42 Å². The number of halogens is 1. The zero-order valence-electron chi connectivity index (χ0n) is 7.00. The van der Waals surface area contributed by atoms with Crippen LogP contribution in [0.15, 0.2) is 0 Å². The Morgan fingerprint density at radius 2 is 2.50 bits per heavy atom. The lowest BCUT2D eigenvalue weighted by molar-refractivity contribution is -0.123. The molecule has 0 bridgehead atoms. The molecule has 0 aromatic heterocycles. The van der Waals surface area contributed by atoms with Crippen LogP contribution in [0.3, 0.4) is 0 Å². The smallest absolute Gasteiger partial charge is 0.234 e. The fourth-order valence-corrected chi connectivity index (χ4v) is 1.51. The molecule has 0 aromatic rings. The Morgan fingerprint density at radius 3 is 3.08 bits per heavy atom. The van der Waals surface area contributed by atoms with E-state index in [-0.39, 0.29) is 11.9 Å². The molecule has 1 saturated heterocycles. The van der Waals surface area contributed by atoms with Crippen LogP contribution >= 0.6 is 0 Å². The second kappa shape index (κ2) is 4.40. The predicted octanol–water partition coefficient (Wildman–Crippen LogP) is 0.110. The second-order valence-corrected chi connectivity index (χ2v) is 2.96. The number of likely N-dealkylation sites (tertiary alicyclic amines) is 1. The van der Waals surface area contributed by atoms with E-state index in [9.17, 15) is 9.18 Å². The van der Waals surface area contributed by atoms with Crippen LogP contribution in [0.25, 0.3) is 0 Å². The number of carbonyl (C=O) groups is 1. The van der Waals surface area contributed by atoms with Crippen LogP contribution in [0.4, 0.5) is 4.39 Å². The van der Waals surface area contributed by atoms with E-state index in [4.69, 9.17) is 5.73 Å². The molecule has 3 nitrogen and oxygen atoms in total. The number of hydrogen-bond acceptors (Lipinski definition) is 2. The Bertz CT molecular complexity index is 161. The van der Waals surface area contributed by atoms with Crippen molar-refractivity contribution in [2.75, 3.05) is 19.8 Å². The number of nitrogens with zero attached hydrogens (tertiary/aromatic N) is 1. The summed E-state index contributed by atoms with van der Waals surface area (Å²) in [6.07, 6.45) is 3.61. The quantitative estimate of drug-likeness (QED) is 0.658. The maximum Gasteiger partial charge on any atom is 0.234 e. The van der Waals surface area contributed by atoms with Crippen molar-refractivity contribution in [2.45, 2.75) is 18.9 Å². The van der Waals surface area contributed by atoms with Gasteiger partial charge in [0, 0.05) is 6.54 Å². The van der Waals surface area contributed by atoms with Gasteiger partial charge in [0.25, 0.3) is 0 Å². The van der Waals surface area contributed by atoms with Crippen LogP contribution in [-0.2, 0) is 4.79 Å². The van der Waals surface area contributed by atoms with Crippen LogP contribution in [0.1, 0.15) is 12.8 Å². The molecule has 1 unspecified atom stereocenters. The molecule has 0 saturated carbocycles. The number of alkyl halides is 1. The molecule has 1 fully saturated rings. The largest absolute Gasteiger partial charge is 0.368 e. The van der Waals surface area contributed by atoms with Crippen LogP contribution in [0.2, 0.25) is 0 Å². The minimum atomic E-state index is -0.413. The van der Waals surface area contributed by atoms with E-state index < -0.39 is 6.67 Å². The third kappa shape index (κ3) is 2.17. The van der Waals surface area contributed by atoms with Gasteiger partial charge in [0.15, 0.2) is 0 Å². The van der Waals surface area contributed by atoms with Crippen LogP contribution < -0.4 is 5.73 Å². The van der Waals surface area contributed by atoms with Crippen molar-refractivity contribution in [3.05, 3.63) is 6.42 Å². The third-order valence-corrected chi connectivity index (χ3v) is 2.15. The summed E-state index contributed by atoms with van der Waals surface area (Å²) in [6, 6.07) is -0.283. The highest BCUT2D eigenvalue weighted by molar-refractivity contribution is 5.80. The molecule has 1 rings (SSSR count). The maximum absolute atomic E-state index is 12.0. The van der Waals surface area contributed by atoms with E-state index in [1.165, 1.54) is 0 Å². The number of nitrogens with two attached hydrogens (primary N) is 1. The maximum atomic E-state index is 12.0. The standard InChI is InChI=1S/C8H14FN2O/c9-4-6-11-5-2-1-3-7(11)8(10)12/h1,7H,2-6H2,(H2,10,12). The van der Waals surface area contributed by atoms with Crippen LogP contribution in [-0.4, -0.2) is 36.6 Å². The lowest BCUT2D eigenvalue weighted by Crippen LogP contribution is -2.48. The van der Waals surface area contributed by atoms with Gasteiger partial charge in [0.2, 0.25) is 5.91 Å². The lowest BCUT2D eigenvalue weighted by Gasteiger charge is -2.32. The summed E-state index contributed by atoms with van der Waals surface area (Å²) in [7, 11) is 0. The summed E-state index contributed by atoms with van der Waals surface area (Å²) in [5, 5.41) is 0. The highest BCUT2D eigenvalue weighted by Gasteiger charge is 2.26. The molecule has 1 aliphatic rings. The molecule has 1 aliphatic heterocycles. The topological polar surface area (TPSA) is 46.3 Å². The highest BCUT2D eigenvalue weighted by atomic mass is 19.1. The summed E-state index contributed by atoms with van der Waals surface area (Å²) in [4.78, 5) is 12.7. The van der Waals surface area contributed by atoms with Crippen molar-refractivity contribution < 1.29 is 9.18 Å². The van der Waals surface area contributed by atoms with E-state index in [0.29, 0.717) is 13.0 Å². The molecule has 0 aliphatic carbocycles. The van der Waals surface area contributed by atoms with Crippen molar-refractivity contribution in [3.63, 3.8) is 0 Å². The summed E-state index contributed by atoms with van der Waals surface area (Å²) < 4.78 is 12.0. The Balaban J connectivity index is 2.48. The minimum absolute atomic E-state index is 0.283. The van der Waals surface area contributed by atoms with Crippen molar-refractivity contribution in [1.82, 2.24) is 4.90 Å². The van der Waals surface area contributed by atoms with Gasteiger partial charge in [-0.25, -0.2) is 4.39 Å². The average Bonchev–Trinajstić information content (AvgIpc) is 2.05. The highest BCUT2D eigenvalue weighted by Crippen LogP contribution is 2.15. The van der Waals surface area contributed by atoms with Crippen LogP contribution in [0.5, 0.6) is 0 Å². The molecular weight excluding hydrogens is 159 g/mol. The Kier molecular flexibility index (Phi) is 3.47. The van der Waals surface area contributed by atoms with Gasteiger partial charge in [-0.05, 0) is 25.8 Å². The second-order valence-electron chi connectivity index (χ2n) is 2.96. The Hall–Kier alpha value is -0.640. The fraction of sp³-hybridized carbons (Fsp3) is 0.750. The first-order valence-corrected chi connectivity index (χ1v) is 4.16. The molecule has 2 N–H and O–H groups in total. The summed E-state index contributed by atoms with van der Waals surface area (Å²) >= 11 is 0. The SMILES string of the molecule is NC(=O)C1C[CH]CCN1CCF. The zero-order chi connectivity index (χ0) is 8.97. The first-order chi connectivity index (χ1) is 5.75. The molecule has 69 valence electrons. The van der Waals surface area contributed by atoms with Gasteiger partial charge in [-0.1, -0.05) is 0 Å². The normalized spacial score (nSPS) is 25.6. The van der Waals surface area contributed by atoms with Gasteiger partial charge in [0.05, 0.1) is 6.04 Å². The molecule has 12 heavy (non-hydrogen) atoms. The van der Waals surface area contributed by atoms with Gasteiger partial charge in [-0.15, -0.1) is 0 Å². The predicted molar refractivity (Wildman–Crippen MR) is 44.1 cm³/mol. The first-order valence-electron chi connectivity index (χ1n) is 4.16. The number of primary amides is 1. The molecule has 4 heteroatoms. The van der Waals surface area contributed by atoms with E-state index >= 15 is 0 Å². The monoisotopic (exact) mass is 173 g/mol. The summed E-state index contributed by atoms with van der Waals surface area (Å²) in [5.41, 5.74) is 5.16.